The van der Waals surface area contributed by atoms with Crippen LogP contribution in [0.5, 0.6) is 0 Å². The summed E-state index contributed by atoms with van der Waals surface area (Å²) in [6.07, 6.45) is 1.82. The van der Waals surface area contributed by atoms with Crippen LogP contribution in [0.1, 0.15) is 44.2 Å². The Morgan fingerprint density at radius 1 is 1.30 bits per heavy atom. The van der Waals surface area contributed by atoms with Gasteiger partial charge in [0.2, 0.25) is 5.89 Å². The summed E-state index contributed by atoms with van der Waals surface area (Å²) in [5, 5.41) is 5.56. The van der Waals surface area contributed by atoms with Crippen molar-refractivity contribution < 1.29 is 4.42 Å². The summed E-state index contributed by atoms with van der Waals surface area (Å²) in [5.41, 5.74) is -0.0294. The van der Waals surface area contributed by atoms with Gasteiger partial charge in [-0.15, -0.1) is 11.3 Å². The van der Waals surface area contributed by atoms with Gasteiger partial charge in [0.05, 0.1) is 6.20 Å². The van der Waals surface area contributed by atoms with Crippen molar-refractivity contribution in [3.8, 4) is 0 Å². The Balaban J connectivity index is 1.57. The predicted octanol–water partition coefficient (Wildman–Crippen LogP) is 3.32. The molecule has 0 aromatic carbocycles. The van der Waals surface area contributed by atoms with Gasteiger partial charge in [0.15, 0.2) is 5.96 Å². The first-order valence-corrected chi connectivity index (χ1v) is 10.6. The monoisotopic (exact) mass is 389 g/mol. The minimum atomic E-state index is -0.0294. The Morgan fingerprint density at radius 2 is 2.07 bits per heavy atom. The SMILES string of the molecule is CCNC(=NCc1ncc(C(C)(C)C)o1)N1CCN(Cc2cccs2)CC1. The summed E-state index contributed by atoms with van der Waals surface area (Å²) in [6.45, 7) is 14.9. The molecule has 0 aliphatic carbocycles. The Kier molecular flexibility index (Phi) is 6.55. The second kappa shape index (κ2) is 8.89. The molecule has 1 aliphatic rings. The Bertz CT molecular complexity index is 724. The second-order valence-electron chi connectivity index (χ2n) is 7.88. The third-order valence-electron chi connectivity index (χ3n) is 4.62. The lowest BCUT2D eigenvalue weighted by atomic mass is 9.94. The minimum Gasteiger partial charge on any atom is -0.443 e. The third kappa shape index (κ3) is 5.56. The number of thiophene rings is 1. The van der Waals surface area contributed by atoms with Crippen LogP contribution in [0.4, 0.5) is 0 Å². The molecule has 1 fully saturated rings. The number of aromatic nitrogens is 1. The minimum absolute atomic E-state index is 0.0294. The summed E-state index contributed by atoms with van der Waals surface area (Å²) < 4.78 is 5.87. The van der Waals surface area contributed by atoms with Gasteiger partial charge < -0.3 is 14.6 Å². The van der Waals surface area contributed by atoms with Crippen molar-refractivity contribution in [3.05, 3.63) is 40.2 Å². The molecule has 0 atom stereocenters. The van der Waals surface area contributed by atoms with Crippen molar-refractivity contribution in [2.24, 2.45) is 4.99 Å². The summed E-state index contributed by atoms with van der Waals surface area (Å²) in [7, 11) is 0. The fourth-order valence-corrected chi connectivity index (χ4v) is 3.79. The molecule has 2 aromatic heterocycles. The van der Waals surface area contributed by atoms with E-state index in [0.717, 1.165) is 51.0 Å². The van der Waals surface area contributed by atoms with Gasteiger partial charge in [-0.2, -0.15) is 0 Å². The number of guanidine groups is 1. The van der Waals surface area contributed by atoms with E-state index in [2.05, 4.69) is 65.3 Å². The number of nitrogens with one attached hydrogen (secondary N) is 1. The van der Waals surface area contributed by atoms with Gasteiger partial charge in [0.25, 0.3) is 0 Å². The summed E-state index contributed by atoms with van der Waals surface area (Å²) in [5.74, 6) is 2.52. The predicted molar refractivity (Wildman–Crippen MR) is 111 cm³/mol. The highest BCUT2D eigenvalue weighted by Crippen LogP contribution is 2.22. The standard InChI is InChI=1S/C20H31N5OS/c1-5-21-19(23-14-18-22-13-17(26-18)20(2,3)4)25-10-8-24(9-11-25)15-16-7-6-12-27-16/h6-7,12-13H,5,8-11,14-15H2,1-4H3,(H,21,23). The van der Waals surface area contributed by atoms with Gasteiger partial charge in [-0.3, -0.25) is 4.90 Å². The van der Waals surface area contributed by atoms with Gasteiger partial charge >= 0.3 is 0 Å². The van der Waals surface area contributed by atoms with Crippen LogP contribution in [0.25, 0.3) is 0 Å². The second-order valence-corrected chi connectivity index (χ2v) is 8.91. The molecule has 6 nitrogen and oxygen atoms in total. The molecule has 0 saturated carbocycles. The number of hydrogen-bond acceptors (Lipinski definition) is 5. The largest absolute Gasteiger partial charge is 0.443 e. The summed E-state index contributed by atoms with van der Waals surface area (Å²) in [4.78, 5) is 15.4. The molecule has 0 unspecified atom stereocenters. The molecular weight excluding hydrogens is 358 g/mol. The molecule has 7 heteroatoms. The van der Waals surface area contributed by atoms with Crippen LogP contribution in [-0.2, 0) is 18.5 Å². The van der Waals surface area contributed by atoms with Crippen LogP contribution in [0.2, 0.25) is 0 Å². The lowest BCUT2D eigenvalue weighted by Crippen LogP contribution is -2.52. The van der Waals surface area contributed by atoms with Crippen molar-refractivity contribution in [1.82, 2.24) is 20.1 Å². The van der Waals surface area contributed by atoms with E-state index in [1.165, 1.54) is 4.88 Å². The van der Waals surface area contributed by atoms with E-state index in [1.54, 1.807) is 0 Å². The molecule has 27 heavy (non-hydrogen) atoms. The van der Waals surface area contributed by atoms with Crippen LogP contribution in [0.15, 0.2) is 33.1 Å². The zero-order valence-electron chi connectivity index (χ0n) is 16.9. The van der Waals surface area contributed by atoms with E-state index >= 15 is 0 Å². The Hall–Kier alpha value is -1.86. The van der Waals surface area contributed by atoms with Crippen LogP contribution in [-0.4, -0.2) is 53.5 Å². The highest BCUT2D eigenvalue weighted by molar-refractivity contribution is 7.09. The number of aliphatic imine (C=N–C) groups is 1. The van der Waals surface area contributed by atoms with Crippen molar-refractivity contribution in [2.45, 2.75) is 46.2 Å². The van der Waals surface area contributed by atoms with E-state index in [4.69, 9.17) is 9.41 Å². The fourth-order valence-electron chi connectivity index (χ4n) is 3.04. The van der Waals surface area contributed by atoms with Crippen LogP contribution in [0.3, 0.4) is 0 Å². The molecule has 1 aliphatic heterocycles. The maximum atomic E-state index is 5.87. The molecular formula is C20H31N5OS. The number of rotatable bonds is 5. The quantitative estimate of drug-likeness (QED) is 0.628. The molecule has 148 valence electrons. The van der Waals surface area contributed by atoms with Crippen LogP contribution in [0, 0.1) is 0 Å². The molecule has 1 N–H and O–H groups in total. The lowest BCUT2D eigenvalue weighted by Gasteiger charge is -2.36. The molecule has 3 heterocycles. The highest BCUT2D eigenvalue weighted by atomic mass is 32.1. The first-order valence-electron chi connectivity index (χ1n) is 9.69. The average molecular weight is 390 g/mol. The van der Waals surface area contributed by atoms with E-state index in [9.17, 15) is 0 Å². The van der Waals surface area contributed by atoms with Crippen LogP contribution >= 0.6 is 11.3 Å². The molecule has 0 radical (unpaired) electrons. The number of oxazole rings is 1. The van der Waals surface area contributed by atoms with E-state index in [0.29, 0.717) is 12.4 Å². The number of piperazine rings is 1. The van der Waals surface area contributed by atoms with Crippen molar-refractivity contribution in [3.63, 3.8) is 0 Å². The first kappa shape index (κ1) is 19.9. The average Bonchev–Trinajstić information content (AvgIpc) is 3.31. The topological polar surface area (TPSA) is 56.9 Å². The van der Waals surface area contributed by atoms with Gasteiger partial charge in [-0.1, -0.05) is 26.8 Å². The fraction of sp³-hybridized carbons (Fsp3) is 0.600. The van der Waals surface area contributed by atoms with Crippen molar-refractivity contribution >= 4 is 17.3 Å². The van der Waals surface area contributed by atoms with Crippen molar-refractivity contribution in [2.75, 3.05) is 32.7 Å². The lowest BCUT2D eigenvalue weighted by molar-refractivity contribution is 0.173. The molecule has 0 spiro atoms. The van der Waals surface area contributed by atoms with Crippen LogP contribution < -0.4 is 5.32 Å². The van der Waals surface area contributed by atoms with E-state index < -0.39 is 0 Å². The smallest absolute Gasteiger partial charge is 0.216 e. The maximum absolute atomic E-state index is 5.87. The zero-order chi connectivity index (χ0) is 19.3. The van der Waals surface area contributed by atoms with Gasteiger partial charge in [0, 0.05) is 49.6 Å². The van der Waals surface area contributed by atoms with Crippen molar-refractivity contribution in [1.29, 1.82) is 0 Å². The maximum Gasteiger partial charge on any atom is 0.216 e. The van der Waals surface area contributed by atoms with E-state index in [-0.39, 0.29) is 5.41 Å². The summed E-state index contributed by atoms with van der Waals surface area (Å²) >= 11 is 1.83. The molecule has 3 rings (SSSR count). The summed E-state index contributed by atoms with van der Waals surface area (Å²) in [6, 6.07) is 4.34. The highest BCUT2D eigenvalue weighted by Gasteiger charge is 2.21. The van der Waals surface area contributed by atoms with Gasteiger partial charge in [-0.05, 0) is 18.4 Å². The third-order valence-corrected chi connectivity index (χ3v) is 5.48. The number of nitrogens with zero attached hydrogens (tertiary/aromatic N) is 4. The van der Waals surface area contributed by atoms with Gasteiger partial charge in [-0.25, -0.2) is 9.98 Å². The number of hydrogen-bond donors (Lipinski definition) is 1. The Labute approximate surface area is 166 Å². The first-order chi connectivity index (χ1) is 13.0. The van der Waals surface area contributed by atoms with E-state index in [1.807, 2.05) is 17.5 Å². The molecule has 1 saturated heterocycles. The van der Waals surface area contributed by atoms with Gasteiger partial charge in [0.1, 0.15) is 12.3 Å². The molecule has 0 amide bonds. The molecule has 2 aromatic rings. The molecule has 0 bridgehead atoms. The zero-order valence-corrected chi connectivity index (χ0v) is 17.7. The normalized spacial score (nSPS) is 16.7. The Morgan fingerprint density at radius 3 is 2.67 bits per heavy atom.